The monoisotopic (exact) mass is 323 g/mol. The molecule has 3 nitrogen and oxygen atoms in total. The van der Waals surface area contributed by atoms with Crippen molar-refractivity contribution in [3.8, 4) is 5.75 Å². The molecule has 0 saturated carbocycles. The molecular formula is C14H11BrFNO2. The van der Waals surface area contributed by atoms with Crippen LogP contribution < -0.4 is 5.32 Å². The molecule has 0 saturated heterocycles. The second-order valence-corrected chi connectivity index (χ2v) is 4.79. The summed E-state index contributed by atoms with van der Waals surface area (Å²) in [5, 5.41) is 12.1. The fourth-order valence-electron chi connectivity index (χ4n) is 1.57. The van der Waals surface area contributed by atoms with E-state index in [9.17, 15) is 14.3 Å². The average molecular weight is 324 g/mol. The van der Waals surface area contributed by atoms with Gasteiger partial charge in [-0.3, -0.25) is 4.79 Å². The fourth-order valence-corrected chi connectivity index (χ4v) is 1.82. The van der Waals surface area contributed by atoms with Crippen molar-refractivity contribution in [1.29, 1.82) is 0 Å². The van der Waals surface area contributed by atoms with Crippen LogP contribution in [0.5, 0.6) is 5.75 Å². The van der Waals surface area contributed by atoms with Crippen molar-refractivity contribution in [3.05, 3.63) is 63.9 Å². The molecule has 0 unspecified atom stereocenters. The summed E-state index contributed by atoms with van der Waals surface area (Å²) >= 11 is 3.13. The Labute approximate surface area is 118 Å². The molecule has 2 aromatic carbocycles. The molecule has 0 fully saturated rings. The van der Waals surface area contributed by atoms with Gasteiger partial charge in [-0.1, -0.05) is 18.2 Å². The quantitative estimate of drug-likeness (QED) is 0.911. The van der Waals surface area contributed by atoms with Gasteiger partial charge in [-0.25, -0.2) is 4.39 Å². The molecule has 0 aliphatic carbocycles. The van der Waals surface area contributed by atoms with Crippen molar-refractivity contribution in [1.82, 2.24) is 5.32 Å². The third-order valence-electron chi connectivity index (χ3n) is 2.61. The SMILES string of the molecule is O=C(NCc1ccccc1F)c1ccc(Br)c(O)c1. The number of carbonyl (C=O) groups is 1. The average Bonchev–Trinajstić information content (AvgIpc) is 2.40. The Morgan fingerprint density at radius 2 is 2.00 bits per heavy atom. The molecule has 0 aromatic heterocycles. The summed E-state index contributed by atoms with van der Waals surface area (Å²) in [5.41, 5.74) is 0.731. The van der Waals surface area contributed by atoms with Gasteiger partial charge < -0.3 is 10.4 Å². The number of benzene rings is 2. The van der Waals surface area contributed by atoms with Gasteiger partial charge in [-0.2, -0.15) is 0 Å². The van der Waals surface area contributed by atoms with E-state index in [2.05, 4.69) is 21.2 Å². The van der Waals surface area contributed by atoms with Gasteiger partial charge in [0.2, 0.25) is 0 Å². The fraction of sp³-hybridized carbons (Fsp3) is 0.0714. The number of carbonyl (C=O) groups excluding carboxylic acids is 1. The third kappa shape index (κ3) is 3.32. The van der Waals surface area contributed by atoms with Crippen LogP contribution in [0.1, 0.15) is 15.9 Å². The largest absolute Gasteiger partial charge is 0.507 e. The second-order valence-electron chi connectivity index (χ2n) is 3.94. The predicted octanol–water partition coefficient (Wildman–Crippen LogP) is 3.22. The Morgan fingerprint density at radius 1 is 1.26 bits per heavy atom. The first-order valence-corrected chi connectivity index (χ1v) is 6.37. The standard InChI is InChI=1S/C14H11BrFNO2/c15-11-6-5-9(7-13(11)18)14(19)17-8-10-3-1-2-4-12(10)16/h1-7,18H,8H2,(H,17,19). The number of phenols is 1. The second kappa shape index (κ2) is 5.84. The maximum Gasteiger partial charge on any atom is 0.251 e. The zero-order valence-electron chi connectivity index (χ0n) is 9.86. The third-order valence-corrected chi connectivity index (χ3v) is 3.28. The molecule has 0 heterocycles. The van der Waals surface area contributed by atoms with Crippen molar-refractivity contribution in [2.24, 2.45) is 0 Å². The van der Waals surface area contributed by atoms with Crippen LogP contribution in [0.4, 0.5) is 4.39 Å². The van der Waals surface area contributed by atoms with Crippen molar-refractivity contribution < 1.29 is 14.3 Å². The number of halogens is 2. The molecule has 0 radical (unpaired) electrons. The Kier molecular flexibility index (Phi) is 4.16. The summed E-state index contributed by atoms with van der Waals surface area (Å²) < 4.78 is 13.9. The van der Waals surface area contributed by atoms with Gasteiger partial charge in [0, 0.05) is 17.7 Å². The first kappa shape index (κ1) is 13.5. The van der Waals surface area contributed by atoms with E-state index in [0.717, 1.165) is 0 Å². The van der Waals surface area contributed by atoms with Crippen LogP contribution in [-0.2, 0) is 6.54 Å². The smallest absolute Gasteiger partial charge is 0.251 e. The Hall–Kier alpha value is -1.88. The molecule has 98 valence electrons. The lowest BCUT2D eigenvalue weighted by Crippen LogP contribution is -2.23. The van der Waals surface area contributed by atoms with Crippen LogP contribution in [0.25, 0.3) is 0 Å². The Morgan fingerprint density at radius 3 is 2.68 bits per heavy atom. The Balaban J connectivity index is 2.05. The molecule has 0 atom stereocenters. The van der Waals surface area contributed by atoms with Crippen LogP contribution in [0, 0.1) is 5.82 Å². The van der Waals surface area contributed by atoms with E-state index >= 15 is 0 Å². The van der Waals surface area contributed by atoms with E-state index in [1.165, 1.54) is 12.1 Å². The van der Waals surface area contributed by atoms with E-state index in [-0.39, 0.29) is 24.0 Å². The number of nitrogens with one attached hydrogen (secondary N) is 1. The van der Waals surface area contributed by atoms with Gasteiger partial charge in [0.25, 0.3) is 5.91 Å². The minimum absolute atomic E-state index is 0.0152. The lowest BCUT2D eigenvalue weighted by molar-refractivity contribution is 0.0950. The first-order valence-electron chi connectivity index (χ1n) is 5.58. The lowest BCUT2D eigenvalue weighted by atomic mass is 10.2. The molecule has 0 spiro atoms. The highest BCUT2D eigenvalue weighted by molar-refractivity contribution is 9.10. The highest BCUT2D eigenvalue weighted by Gasteiger charge is 2.09. The zero-order chi connectivity index (χ0) is 13.8. The van der Waals surface area contributed by atoms with Crippen LogP contribution in [0.15, 0.2) is 46.9 Å². The topological polar surface area (TPSA) is 49.3 Å². The molecule has 0 bridgehead atoms. The molecule has 2 aromatic rings. The highest BCUT2D eigenvalue weighted by atomic mass is 79.9. The van der Waals surface area contributed by atoms with Gasteiger partial charge in [-0.05, 0) is 40.2 Å². The maximum absolute atomic E-state index is 13.4. The molecule has 5 heteroatoms. The number of hydrogen-bond donors (Lipinski definition) is 2. The molecule has 0 aliphatic rings. The molecular weight excluding hydrogens is 313 g/mol. The van der Waals surface area contributed by atoms with E-state index in [1.807, 2.05) is 0 Å². The van der Waals surface area contributed by atoms with Crippen LogP contribution in [-0.4, -0.2) is 11.0 Å². The number of phenolic OH excluding ortho intramolecular Hbond substituents is 1. The van der Waals surface area contributed by atoms with Crippen LogP contribution >= 0.6 is 15.9 Å². The summed E-state index contributed by atoms with van der Waals surface area (Å²) in [6.07, 6.45) is 0. The minimum atomic E-state index is -0.369. The van der Waals surface area contributed by atoms with Crippen LogP contribution in [0.3, 0.4) is 0 Å². The van der Waals surface area contributed by atoms with Crippen molar-refractivity contribution >= 4 is 21.8 Å². The van der Waals surface area contributed by atoms with Gasteiger partial charge in [0.15, 0.2) is 0 Å². The van der Waals surface area contributed by atoms with Crippen LogP contribution in [0.2, 0.25) is 0 Å². The maximum atomic E-state index is 13.4. The van der Waals surface area contributed by atoms with E-state index < -0.39 is 0 Å². The van der Waals surface area contributed by atoms with Crippen molar-refractivity contribution in [2.75, 3.05) is 0 Å². The van der Waals surface area contributed by atoms with Gasteiger partial charge in [-0.15, -0.1) is 0 Å². The number of rotatable bonds is 3. The minimum Gasteiger partial charge on any atom is -0.507 e. The number of amides is 1. The van der Waals surface area contributed by atoms with Crippen molar-refractivity contribution in [3.63, 3.8) is 0 Å². The van der Waals surface area contributed by atoms with Crippen molar-refractivity contribution in [2.45, 2.75) is 6.54 Å². The summed E-state index contributed by atoms with van der Waals surface area (Å²) in [6, 6.07) is 10.7. The first-order chi connectivity index (χ1) is 9.08. The van der Waals surface area contributed by atoms with Gasteiger partial charge in [0.05, 0.1) is 4.47 Å². The summed E-state index contributed by atoms with van der Waals surface area (Å²) in [7, 11) is 0. The van der Waals surface area contributed by atoms with E-state index in [4.69, 9.17) is 0 Å². The summed E-state index contributed by atoms with van der Waals surface area (Å²) in [6.45, 7) is 0.0995. The molecule has 1 amide bonds. The van der Waals surface area contributed by atoms with Gasteiger partial charge in [0.1, 0.15) is 11.6 Å². The highest BCUT2D eigenvalue weighted by Crippen LogP contribution is 2.24. The molecule has 19 heavy (non-hydrogen) atoms. The zero-order valence-corrected chi connectivity index (χ0v) is 11.4. The number of hydrogen-bond acceptors (Lipinski definition) is 2. The lowest BCUT2D eigenvalue weighted by Gasteiger charge is -2.07. The van der Waals surface area contributed by atoms with E-state index in [0.29, 0.717) is 15.6 Å². The normalized spacial score (nSPS) is 10.2. The van der Waals surface area contributed by atoms with Gasteiger partial charge >= 0.3 is 0 Å². The Bertz CT molecular complexity index is 616. The molecule has 2 N–H and O–H groups in total. The summed E-state index contributed by atoms with van der Waals surface area (Å²) in [4.78, 5) is 11.8. The summed E-state index contributed by atoms with van der Waals surface area (Å²) in [5.74, 6) is -0.744. The molecule has 0 aliphatic heterocycles. The van der Waals surface area contributed by atoms with E-state index in [1.54, 1.807) is 30.3 Å². The number of aromatic hydroxyl groups is 1. The molecule has 2 rings (SSSR count). The predicted molar refractivity (Wildman–Crippen MR) is 73.4 cm³/mol.